The SMILES string of the molecule is CCOC(=O)c1ccc(=O)n(CC(C)C)c1C. The molecule has 0 saturated heterocycles. The van der Waals surface area contributed by atoms with Crippen LogP contribution in [0.1, 0.15) is 36.8 Å². The molecule has 0 spiro atoms. The minimum atomic E-state index is -0.373. The van der Waals surface area contributed by atoms with Crippen LogP contribution >= 0.6 is 0 Å². The average Bonchev–Trinajstić information content (AvgIpc) is 2.24. The molecule has 0 unspecified atom stereocenters. The van der Waals surface area contributed by atoms with Crippen LogP contribution in [-0.2, 0) is 11.3 Å². The van der Waals surface area contributed by atoms with Crippen molar-refractivity contribution < 1.29 is 9.53 Å². The molecule has 0 bridgehead atoms. The van der Waals surface area contributed by atoms with Gasteiger partial charge in [-0.2, -0.15) is 0 Å². The van der Waals surface area contributed by atoms with Crippen molar-refractivity contribution >= 4 is 5.97 Å². The molecule has 1 aromatic rings. The van der Waals surface area contributed by atoms with E-state index >= 15 is 0 Å². The monoisotopic (exact) mass is 237 g/mol. The van der Waals surface area contributed by atoms with Crippen LogP contribution < -0.4 is 5.56 Å². The highest BCUT2D eigenvalue weighted by Gasteiger charge is 2.14. The maximum Gasteiger partial charge on any atom is 0.339 e. The number of rotatable bonds is 4. The summed E-state index contributed by atoms with van der Waals surface area (Å²) in [6.07, 6.45) is 0. The second kappa shape index (κ2) is 5.66. The van der Waals surface area contributed by atoms with E-state index in [9.17, 15) is 9.59 Å². The van der Waals surface area contributed by atoms with Crippen LogP contribution in [0.5, 0.6) is 0 Å². The Kier molecular flexibility index (Phi) is 4.49. The van der Waals surface area contributed by atoms with Gasteiger partial charge in [-0.15, -0.1) is 0 Å². The minimum Gasteiger partial charge on any atom is -0.462 e. The van der Waals surface area contributed by atoms with E-state index in [1.165, 1.54) is 12.1 Å². The zero-order valence-corrected chi connectivity index (χ0v) is 10.8. The van der Waals surface area contributed by atoms with Crippen molar-refractivity contribution in [3.05, 3.63) is 33.7 Å². The smallest absolute Gasteiger partial charge is 0.339 e. The summed E-state index contributed by atoms with van der Waals surface area (Å²) < 4.78 is 6.58. The molecule has 1 rings (SSSR count). The third kappa shape index (κ3) is 3.19. The normalized spacial score (nSPS) is 10.6. The number of carbonyl (C=O) groups excluding carboxylic acids is 1. The molecule has 0 N–H and O–H groups in total. The van der Waals surface area contributed by atoms with Crippen molar-refractivity contribution in [2.45, 2.75) is 34.2 Å². The van der Waals surface area contributed by atoms with Crippen LogP contribution in [0, 0.1) is 12.8 Å². The Morgan fingerprint density at radius 2 is 2.06 bits per heavy atom. The summed E-state index contributed by atoms with van der Waals surface area (Å²) in [6, 6.07) is 2.95. The Bertz CT molecular complexity index is 460. The third-order valence-electron chi connectivity index (χ3n) is 2.50. The molecule has 0 saturated carbocycles. The minimum absolute atomic E-state index is 0.0794. The Hall–Kier alpha value is -1.58. The molecule has 0 aliphatic carbocycles. The van der Waals surface area contributed by atoms with E-state index in [4.69, 9.17) is 4.74 Å². The average molecular weight is 237 g/mol. The fourth-order valence-corrected chi connectivity index (χ4v) is 1.69. The topological polar surface area (TPSA) is 48.3 Å². The van der Waals surface area contributed by atoms with Gasteiger partial charge in [0.2, 0.25) is 0 Å². The van der Waals surface area contributed by atoms with Crippen molar-refractivity contribution in [2.75, 3.05) is 6.61 Å². The lowest BCUT2D eigenvalue weighted by atomic mass is 10.1. The van der Waals surface area contributed by atoms with Gasteiger partial charge in [0, 0.05) is 18.3 Å². The van der Waals surface area contributed by atoms with E-state index in [0.717, 1.165) is 0 Å². The number of carbonyl (C=O) groups is 1. The molecule has 0 radical (unpaired) electrons. The van der Waals surface area contributed by atoms with Crippen molar-refractivity contribution in [1.82, 2.24) is 4.57 Å². The number of aromatic nitrogens is 1. The van der Waals surface area contributed by atoms with Gasteiger partial charge in [-0.1, -0.05) is 13.8 Å². The number of esters is 1. The molecule has 4 nitrogen and oxygen atoms in total. The number of nitrogens with zero attached hydrogens (tertiary/aromatic N) is 1. The van der Waals surface area contributed by atoms with Gasteiger partial charge in [-0.05, 0) is 25.8 Å². The van der Waals surface area contributed by atoms with E-state index < -0.39 is 0 Å². The summed E-state index contributed by atoms with van der Waals surface area (Å²) >= 11 is 0. The molecule has 1 heterocycles. The number of hydrogen-bond acceptors (Lipinski definition) is 3. The van der Waals surface area contributed by atoms with Gasteiger partial charge >= 0.3 is 5.97 Å². The molecule has 0 aliphatic heterocycles. The fourth-order valence-electron chi connectivity index (χ4n) is 1.69. The highest BCUT2D eigenvalue weighted by atomic mass is 16.5. The van der Waals surface area contributed by atoms with Crippen LogP contribution in [0.25, 0.3) is 0 Å². The second-order valence-electron chi connectivity index (χ2n) is 4.40. The van der Waals surface area contributed by atoms with Gasteiger partial charge in [0.05, 0.1) is 12.2 Å². The van der Waals surface area contributed by atoms with E-state index in [2.05, 4.69) is 0 Å². The van der Waals surface area contributed by atoms with Crippen molar-refractivity contribution in [2.24, 2.45) is 5.92 Å². The number of ether oxygens (including phenoxy) is 1. The van der Waals surface area contributed by atoms with Crippen LogP contribution in [0.3, 0.4) is 0 Å². The Labute approximate surface area is 101 Å². The first-order chi connectivity index (χ1) is 7.97. The lowest BCUT2D eigenvalue weighted by molar-refractivity contribution is 0.0524. The molecule has 94 valence electrons. The van der Waals surface area contributed by atoms with Crippen LogP contribution in [0.2, 0.25) is 0 Å². The molecular formula is C13H19NO3. The Balaban J connectivity index is 3.18. The summed E-state index contributed by atoms with van der Waals surface area (Å²) in [5.74, 6) is -0.0219. The molecule has 0 fully saturated rings. The van der Waals surface area contributed by atoms with Crippen molar-refractivity contribution in [3.63, 3.8) is 0 Å². The molecule has 1 aromatic heterocycles. The van der Waals surface area contributed by atoms with Gasteiger partial charge in [-0.3, -0.25) is 4.79 Å². The summed E-state index contributed by atoms with van der Waals surface area (Å²) in [5.41, 5.74) is 1.06. The van der Waals surface area contributed by atoms with Crippen LogP contribution in [0.15, 0.2) is 16.9 Å². The lowest BCUT2D eigenvalue weighted by Gasteiger charge is -2.14. The third-order valence-corrected chi connectivity index (χ3v) is 2.50. The highest BCUT2D eigenvalue weighted by Crippen LogP contribution is 2.09. The zero-order chi connectivity index (χ0) is 13.0. The van der Waals surface area contributed by atoms with E-state index in [1.807, 2.05) is 13.8 Å². The van der Waals surface area contributed by atoms with E-state index in [1.54, 1.807) is 18.4 Å². The van der Waals surface area contributed by atoms with Gasteiger partial charge in [0.1, 0.15) is 0 Å². The highest BCUT2D eigenvalue weighted by molar-refractivity contribution is 5.90. The number of pyridine rings is 1. The van der Waals surface area contributed by atoms with E-state index in [-0.39, 0.29) is 11.5 Å². The van der Waals surface area contributed by atoms with Gasteiger partial charge < -0.3 is 9.30 Å². The maximum atomic E-state index is 11.7. The van der Waals surface area contributed by atoms with E-state index in [0.29, 0.717) is 30.3 Å². The van der Waals surface area contributed by atoms with Crippen LogP contribution in [0.4, 0.5) is 0 Å². The summed E-state index contributed by atoms with van der Waals surface area (Å²) in [6.45, 7) is 8.54. The first-order valence-electron chi connectivity index (χ1n) is 5.85. The summed E-state index contributed by atoms with van der Waals surface area (Å²) in [5, 5.41) is 0. The summed E-state index contributed by atoms with van der Waals surface area (Å²) in [4.78, 5) is 23.4. The molecule has 4 heteroatoms. The number of hydrogen-bond donors (Lipinski definition) is 0. The maximum absolute atomic E-state index is 11.7. The quantitative estimate of drug-likeness (QED) is 0.752. The molecule has 0 aromatic carbocycles. The molecule has 0 atom stereocenters. The Morgan fingerprint density at radius 1 is 1.41 bits per heavy atom. The van der Waals surface area contributed by atoms with Gasteiger partial charge in [0.15, 0.2) is 0 Å². The standard InChI is InChI=1S/C13H19NO3/c1-5-17-13(16)11-6-7-12(15)14(10(11)4)8-9(2)3/h6-7,9H,5,8H2,1-4H3. The largest absolute Gasteiger partial charge is 0.462 e. The van der Waals surface area contributed by atoms with Gasteiger partial charge in [0.25, 0.3) is 5.56 Å². The van der Waals surface area contributed by atoms with Crippen molar-refractivity contribution in [1.29, 1.82) is 0 Å². The molecule has 0 aliphatic rings. The predicted octanol–water partition coefficient (Wildman–Crippen LogP) is 1.99. The predicted molar refractivity (Wildman–Crippen MR) is 66.2 cm³/mol. The lowest BCUT2D eigenvalue weighted by Crippen LogP contribution is -2.26. The first-order valence-corrected chi connectivity index (χ1v) is 5.85. The second-order valence-corrected chi connectivity index (χ2v) is 4.40. The van der Waals surface area contributed by atoms with Gasteiger partial charge in [-0.25, -0.2) is 4.79 Å². The summed E-state index contributed by atoms with van der Waals surface area (Å²) in [7, 11) is 0. The molecule has 0 amide bonds. The zero-order valence-electron chi connectivity index (χ0n) is 10.8. The first kappa shape index (κ1) is 13.5. The molecule has 17 heavy (non-hydrogen) atoms. The Morgan fingerprint density at radius 3 is 2.59 bits per heavy atom. The fraction of sp³-hybridized carbons (Fsp3) is 0.538. The van der Waals surface area contributed by atoms with Crippen molar-refractivity contribution in [3.8, 4) is 0 Å². The van der Waals surface area contributed by atoms with Crippen LogP contribution in [-0.4, -0.2) is 17.1 Å². The molecular weight excluding hydrogens is 218 g/mol.